The molecule has 1 N–H and O–H groups in total. The lowest BCUT2D eigenvalue weighted by molar-refractivity contribution is -0.116. The number of hydrogen-bond acceptors (Lipinski definition) is 6. The number of imide groups is 1. The zero-order valence-corrected chi connectivity index (χ0v) is 18.8. The maximum atomic E-state index is 12.4. The number of ether oxygens (including phenoxy) is 1. The molecule has 3 rings (SSSR count). The van der Waals surface area contributed by atoms with Crippen molar-refractivity contribution >= 4 is 40.0 Å². The lowest BCUT2D eigenvalue weighted by atomic mass is 10.1. The molecule has 1 aromatic heterocycles. The molecule has 3 amide bonds. The number of carbonyl (C=O) groups excluding carboxylic acids is 4. The van der Waals surface area contributed by atoms with Crippen LogP contribution in [0.2, 0.25) is 0 Å². The normalized spacial score (nSPS) is 12.8. The Labute approximate surface area is 185 Å². The first-order valence-corrected chi connectivity index (χ1v) is 11.2. The molecular weight excluding hydrogens is 416 g/mol. The van der Waals surface area contributed by atoms with Crippen molar-refractivity contribution in [3.63, 3.8) is 0 Å². The van der Waals surface area contributed by atoms with Gasteiger partial charge in [0.05, 0.1) is 23.3 Å². The van der Waals surface area contributed by atoms with Gasteiger partial charge >= 0.3 is 5.97 Å². The maximum absolute atomic E-state index is 12.4. The number of carbonyl (C=O) groups is 4. The fraction of sp³-hybridized carbons (Fsp3) is 0.391. The van der Waals surface area contributed by atoms with Crippen molar-refractivity contribution in [3.05, 3.63) is 51.4 Å². The third-order valence-electron chi connectivity index (χ3n) is 5.28. The van der Waals surface area contributed by atoms with E-state index in [-0.39, 0.29) is 24.3 Å². The summed E-state index contributed by atoms with van der Waals surface area (Å²) in [5, 5.41) is 3.35. The summed E-state index contributed by atoms with van der Waals surface area (Å²) in [7, 11) is 0. The van der Waals surface area contributed by atoms with E-state index in [0.29, 0.717) is 53.9 Å². The molecule has 0 spiro atoms. The van der Waals surface area contributed by atoms with Crippen molar-refractivity contribution in [1.82, 2.24) is 4.90 Å². The van der Waals surface area contributed by atoms with E-state index in [1.807, 2.05) is 13.8 Å². The van der Waals surface area contributed by atoms with Gasteiger partial charge in [0.25, 0.3) is 11.8 Å². The van der Waals surface area contributed by atoms with Gasteiger partial charge in [0.15, 0.2) is 0 Å². The quantitative estimate of drug-likeness (QED) is 0.354. The molecule has 0 aliphatic carbocycles. The number of nitrogens with zero attached hydrogens (tertiary/aromatic N) is 1. The molecule has 1 aliphatic heterocycles. The summed E-state index contributed by atoms with van der Waals surface area (Å²) in [5.41, 5.74) is 2.14. The second-order valence-electron chi connectivity index (χ2n) is 7.37. The number of thiophene rings is 1. The highest BCUT2D eigenvalue weighted by Gasteiger charge is 2.34. The number of unbranched alkanes of at least 4 members (excludes halogenated alkanes) is 2. The molecule has 0 fully saturated rings. The number of hydrogen-bond donors (Lipinski definition) is 1. The fourth-order valence-corrected chi connectivity index (χ4v) is 4.59. The van der Waals surface area contributed by atoms with Crippen LogP contribution < -0.4 is 5.32 Å². The van der Waals surface area contributed by atoms with Crippen LogP contribution in [0.1, 0.15) is 74.1 Å². The van der Waals surface area contributed by atoms with Gasteiger partial charge in [0.1, 0.15) is 5.00 Å². The van der Waals surface area contributed by atoms with Crippen LogP contribution in [0.4, 0.5) is 5.00 Å². The Morgan fingerprint density at radius 3 is 2.29 bits per heavy atom. The van der Waals surface area contributed by atoms with E-state index < -0.39 is 5.97 Å². The third-order valence-corrected chi connectivity index (χ3v) is 6.40. The van der Waals surface area contributed by atoms with Crippen LogP contribution in [0.5, 0.6) is 0 Å². The highest BCUT2D eigenvalue weighted by atomic mass is 32.1. The van der Waals surface area contributed by atoms with Crippen LogP contribution >= 0.6 is 11.3 Å². The number of nitrogens with one attached hydrogen (secondary N) is 1. The first kappa shape index (κ1) is 22.7. The summed E-state index contributed by atoms with van der Waals surface area (Å²) < 4.78 is 5.10. The summed E-state index contributed by atoms with van der Waals surface area (Å²) in [4.78, 5) is 51.5. The largest absolute Gasteiger partial charge is 0.462 e. The molecule has 0 saturated carbocycles. The van der Waals surface area contributed by atoms with E-state index in [2.05, 4.69) is 5.32 Å². The minimum atomic E-state index is -0.430. The van der Waals surface area contributed by atoms with Gasteiger partial charge in [-0.15, -0.1) is 11.3 Å². The number of fused-ring (bicyclic) bond motifs is 1. The summed E-state index contributed by atoms with van der Waals surface area (Å²) in [5.74, 6) is -1.12. The Bertz CT molecular complexity index is 992. The average Bonchev–Trinajstić information content (AvgIpc) is 3.15. The maximum Gasteiger partial charge on any atom is 0.341 e. The Hall–Kier alpha value is -3.00. The number of benzene rings is 1. The molecule has 0 saturated heterocycles. The molecule has 164 valence electrons. The first-order valence-electron chi connectivity index (χ1n) is 10.4. The molecule has 2 aromatic rings. The zero-order valence-electron chi connectivity index (χ0n) is 17.9. The van der Waals surface area contributed by atoms with Crippen LogP contribution in [-0.4, -0.2) is 41.7 Å². The van der Waals surface area contributed by atoms with Gasteiger partial charge in [-0.3, -0.25) is 19.3 Å². The topological polar surface area (TPSA) is 92.8 Å². The van der Waals surface area contributed by atoms with Gasteiger partial charge in [-0.1, -0.05) is 18.6 Å². The van der Waals surface area contributed by atoms with Crippen LogP contribution in [0.15, 0.2) is 24.3 Å². The van der Waals surface area contributed by atoms with Crippen molar-refractivity contribution in [1.29, 1.82) is 0 Å². The molecule has 0 radical (unpaired) electrons. The van der Waals surface area contributed by atoms with E-state index in [1.165, 1.54) is 16.2 Å². The lowest BCUT2D eigenvalue weighted by Gasteiger charge is -2.13. The SMILES string of the molecule is CCOC(=O)c1c(NC(=O)CCCCCN2C(=O)c3ccccc3C2=O)sc(C)c1C. The molecule has 0 bridgehead atoms. The zero-order chi connectivity index (χ0) is 22.5. The summed E-state index contributed by atoms with van der Waals surface area (Å²) in [6, 6.07) is 6.82. The summed E-state index contributed by atoms with van der Waals surface area (Å²) >= 11 is 1.36. The molecular formula is C23H26N2O5S. The highest BCUT2D eigenvalue weighted by Crippen LogP contribution is 2.33. The molecule has 8 heteroatoms. The van der Waals surface area contributed by atoms with E-state index in [9.17, 15) is 19.2 Å². The van der Waals surface area contributed by atoms with Crippen molar-refractivity contribution < 1.29 is 23.9 Å². The minimum absolute atomic E-state index is 0.174. The van der Waals surface area contributed by atoms with Crippen molar-refractivity contribution in [2.75, 3.05) is 18.5 Å². The van der Waals surface area contributed by atoms with E-state index in [0.717, 1.165) is 10.4 Å². The molecule has 1 aliphatic rings. The van der Waals surface area contributed by atoms with Gasteiger partial charge in [-0.05, 0) is 51.3 Å². The van der Waals surface area contributed by atoms with Crippen LogP contribution in [0.25, 0.3) is 0 Å². The lowest BCUT2D eigenvalue weighted by Crippen LogP contribution is -2.30. The smallest absolute Gasteiger partial charge is 0.341 e. The van der Waals surface area contributed by atoms with E-state index in [4.69, 9.17) is 4.74 Å². The second-order valence-corrected chi connectivity index (χ2v) is 8.60. The monoisotopic (exact) mass is 442 g/mol. The van der Waals surface area contributed by atoms with E-state index in [1.54, 1.807) is 31.2 Å². The number of amides is 3. The predicted octanol–water partition coefficient (Wildman–Crippen LogP) is 4.34. The molecule has 2 heterocycles. The Kier molecular flexibility index (Phi) is 7.22. The third kappa shape index (κ3) is 4.85. The number of anilines is 1. The molecule has 31 heavy (non-hydrogen) atoms. The average molecular weight is 443 g/mol. The van der Waals surface area contributed by atoms with Crippen LogP contribution in [0.3, 0.4) is 0 Å². The standard InChI is InChI=1S/C23H26N2O5S/c1-4-30-23(29)19-14(2)15(3)31-20(19)24-18(26)12-6-5-9-13-25-21(27)16-10-7-8-11-17(16)22(25)28/h7-8,10-11H,4-6,9,12-13H2,1-3H3,(H,24,26). The number of esters is 1. The molecule has 0 atom stereocenters. The van der Waals surface area contributed by atoms with E-state index >= 15 is 0 Å². The van der Waals surface area contributed by atoms with Gasteiger partial charge in [-0.2, -0.15) is 0 Å². The van der Waals surface area contributed by atoms with Crippen LogP contribution in [-0.2, 0) is 9.53 Å². The second kappa shape index (κ2) is 9.87. The Morgan fingerprint density at radius 2 is 1.68 bits per heavy atom. The Balaban J connectivity index is 1.46. The number of aryl methyl sites for hydroxylation is 1. The van der Waals surface area contributed by atoms with Crippen molar-refractivity contribution in [2.45, 2.75) is 46.5 Å². The predicted molar refractivity (Wildman–Crippen MR) is 119 cm³/mol. The summed E-state index contributed by atoms with van der Waals surface area (Å²) in [6.07, 6.45) is 2.24. The summed E-state index contributed by atoms with van der Waals surface area (Å²) in [6.45, 7) is 6.09. The van der Waals surface area contributed by atoms with Gasteiger partial charge in [0.2, 0.25) is 5.91 Å². The van der Waals surface area contributed by atoms with Gasteiger partial charge in [0, 0.05) is 17.8 Å². The first-order chi connectivity index (χ1) is 14.8. The molecule has 0 unspecified atom stereocenters. The molecule has 1 aromatic carbocycles. The van der Waals surface area contributed by atoms with Crippen molar-refractivity contribution in [2.24, 2.45) is 0 Å². The minimum Gasteiger partial charge on any atom is -0.462 e. The molecule has 7 nitrogen and oxygen atoms in total. The van der Waals surface area contributed by atoms with Crippen LogP contribution in [0, 0.1) is 13.8 Å². The fourth-order valence-electron chi connectivity index (χ4n) is 3.53. The van der Waals surface area contributed by atoms with Gasteiger partial charge in [-0.25, -0.2) is 4.79 Å². The van der Waals surface area contributed by atoms with Crippen molar-refractivity contribution in [3.8, 4) is 0 Å². The van der Waals surface area contributed by atoms with Gasteiger partial charge < -0.3 is 10.1 Å². The number of rotatable bonds is 9. The Morgan fingerprint density at radius 1 is 1.03 bits per heavy atom. The highest BCUT2D eigenvalue weighted by molar-refractivity contribution is 7.16.